The number of benzene rings is 1. The van der Waals surface area contributed by atoms with Crippen LogP contribution in [0, 0.1) is 5.92 Å². The van der Waals surface area contributed by atoms with Crippen molar-refractivity contribution in [3.8, 4) is 0 Å². The summed E-state index contributed by atoms with van der Waals surface area (Å²) in [6.45, 7) is 7.10. The van der Waals surface area contributed by atoms with E-state index >= 15 is 0 Å². The number of hydrogen-bond acceptors (Lipinski definition) is 3. The van der Waals surface area contributed by atoms with Crippen LogP contribution in [0.2, 0.25) is 0 Å². The molecule has 0 aliphatic carbocycles. The topological polar surface area (TPSA) is 86.7 Å². The highest BCUT2D eigenvalue weighted by molar-refractivity contribution is 5.99. The normalized spacial score (nSPS) is 10.5. The van der Waals surface area contributed by atoms with Crippen molar-refractivity contribution in [2.24, 2.45) is 5.92 Å². The van der Waals surface area contributed by atoms with Gasteiger partial charge in [-0.05, 0) is 30.5 Å². The van der Waals surface area contributed by atoms with E-state index in [0.717, 1.165) is 6.42 Å². The van der Waals surface area contributed by atoms with Crippen molar-refractivity contribution in [1.29, 1.82) is 0 Å². The van der Waals surface area contributed by atoms with E-state index in [1.807, 2.05) is 20.8 Å². The summed E-state index contributed by atoms with van der Waals surface area (Å²) in [5.74, 6) is -1.19. The molecule has 1 rings (SSSR count). The van der Waals surface area contributed by atoms with Crippen LogP contribution < -0.4 is 5.32 Å². The van der Waals surface area contributed by atoms with E-state index in [9.17, 15) is 14.4 Å². The molecule has 1 aromatic rings. The van der Waals surface area contributed by atoms with Crippen LogP contribution in [0.5, 0.6) is 0 Å². The Bertz CT molecular complexity index is 584. The Kier molecular flexibility index (Phi) is 7.95. The molecule has 0 radical (unpaired) electrons. The molecule has 0 saturated heterocycles. The van der Waals surface area contributed by atoms with Crippen molar-refractivity contribution in [3.63, 3.8) is 0 Å². The number of carbonyl (C=O) groups excluding carboxylic acids is 2. The van der Waals surface area contributed by atoms with Crippen LogP contribution in [0.1, 0.15) is 54.3 Å². The average molecular weight is 334 g/mol. The minimum absolute atomic E-state index is 0.102. The Labute approximate surface area is 142 Å². The highest BCUT2D eigenvalue weighted by atomic mass is 16.4. The number of carbonyl (C=O) groups is 3. The molecule has 0 aromatic heterocycles. The molecule has 0 aliphatic rings. The summed E-state index contributed by atoms with van der Waals surface area (Å²) in [5, 5.41) is 11.6. The Hall–Kier alpha value is -2.37. The third-order valence-electron chi connectivity index (χ3n) is 3.38. The van der Waals surface area contributed by atoms with Gasteiger partial charge in [0.1, 0.15) is 0 Å². The van der Waals surface area contributed by atoms with Crippen LogP contribution >= 0.6 is 0 Å². The molecular formula is C18H26N2O4. The molecule has 0 unspecified atom stereocenters. The lowest BCUT2D eigenvalue weighted by atomic mass is 10.1. The fraction of sp³-hybridized carbons (Fsp3) is 0.500. The molecule has 0 saturated carbocycles. The zero-order chi connectivity index (χ0) is 18.1. The smallest absolute Gasteiger partial charge is 0.305 e. The molecule has 6 heteroatoms. The molecule has 0 atom stereocenters. The zero-order valence-electron chi connectivity index (χ0n) is 14.5. The van der Waals surface area contributed by atoms with E-state index in [0.29, 0.717) is 24.2 Å². The van der Waals surface area contributed by atoms with E-state index in [-0.39, 0.29) is 30.7 Å². The minimum atomic E-state index is -0.941. The molecule has 6 nitrogen and oxygen atoms in total. The number of carboxylic acid groups (broad SMARTS) is 1. The summed E-state index contributed by atoms with van der Waals surface area (Å²) in [6.07, 6.45) is 0.733. The minimum Gasteiger partial charge on any atom is -0.481 e. The van der Waals surface area contributed by atoms with Gasteiger partial charge in [0.2, 0.25) is 0 Å². The summed E-state index contributed by atoms with van der Waals surface area (Å²) in [5.41, 5.74) is 0.821. The second-order valence-corrected chi connectivity index (χ2v) is 6.13. The first kappa shape index (κ1) is 19.7. The monoisotopic (exact) mass is 334 g/mol. The molecule has 0 spiro atoms. The predicted octanol–water partition coefficient (Wildman–Crippen LogP) is 2.40. The molecule has 0 aliphatic heterocycles. The molecule has 0 fully saturated rings. The van der Waals surface area contributed by atoms with Crippen molar-refractivity contribution < 1.29 is 19.5 Å². The summed E-state index contributed by atoms with van der Waals surface area (Å²) in [4.78, 5) is 37.0. The van der Waals surface area contributed by atoms with Crippen LogP contribution in [0.25, 0.3) is 0 Å². The number of nitrogens with one attached hydrogen (secondary N) is 1. The van der Waals surface area contributed by atoms with Crippen molar-refractivity contribution in [1.82, 2.24) is 10.2 Å². The molecule has 1 aromatic carbocycles. The van der Waals surface area contributed by atoms with E-state index < -0.39 is 5.97 Å². The maximum Gasteiger partial charge on any atom is 0.305 e. The van der Waals surface area contributed by atoms with Gasteiger partial charge in [-0.1, -0.05) is 26.8 Å². The SMILES string of the molecule is CCCNC(=O)c1cccc(C(=O)N(CCC(=O)O)CC(C)C)c1. The summed E-state index contributed by atoms with van der Waals surface area (Å²) in [6, 6.07) is 6.53. The summed E-state index contributed by atoms with van der Waals surface area (Å²) in [7, 11) is 0. The second-order valence-electron chi connectivity index (χ2n) is 6.13. The van der Waals surface area contributed by atoms with Gasteiger partial charge < -0.3 is 15.3 Å². The summed E-state index contributed by atoms with van der Waals surface area (Å²) < 4.78 is 0. The van der Waals surface area contributed by atoms with Crippen molar-refractivity contribution in [2.45, 2.75) is 33.6 Å². The molecule has 132 valence electrons. The van der Waals surface area contributed by atoms with Crippen LogP contribution in [-0.2, 0) is 4.79 Å². The zero-order valence-corrected chi connectivity index (χ0v) is 14.5. The predicted molar refractivity (Wildman–Crippen MR) is 92.1 cm³/mol. The quantitative estimate of drug-likeness (QED) is 0.726. The maximum absolute atomic E-state index is 12.7. The Morgan fingerprint density at radius 1 is 1.21 bits per heavy atom. The fourth-order valence-electron chi connectivity index (χ4n) is 2.26. The van der Waals surface area contributed by atoms with Gasteiger partial charge in [0.05, 0.1) is 6.42 Å². The Morgan fingerprint density at radius 2 is 1.88 bits per heavy atom. The first-order valence-electron chi connectivity index (χ1n) is 8.24. The molecular weight excluding hydrogens is 308 g/mol. The number of amides is 2. The standard InChI is InChI=1S/C18H26N2O4/c1-4-9-19-17(23)14-6-5-7-15(11-14)18(24)20(12-13(2)3)10-8-16(21)22/h5-7,11,13H,4,8-10,12H2,1-3H3,(H,19,23)(H,21,22). The largest absolute Gasteiger partial charge is 0.481 e. The third kappa shape index (κ3) is 6.40. The molecule has 0 bridgehead atoms. The summed E-state index contributed by atoms with van der Waals surface area (Å²) >= 11 is 0. The van der Waals surface area contributed by atoms with Gasteiger partial charge in [0.25, 0.3) is 11.8 Å². The lowest BCUT2D eigenvalue weighted by Crippen LogP contribution is -2.36. The van der Waals surface area contributed by atoms with Crippen LogP contribution in [0.15, 0.2) is 24.3 Å². The fourth-order valence-corrected chi connectivity index (χ4v) is 2.26. The Balaban J connectivity index is 2.92. The number of aliphatic carboxylic acids is 1. The lowest BCUT2D eigenvalue weighted by Gasteiger charge is -2.24. The van der Waals surface area contributed by atoms with Gasteiger partial charge in [0, 0.05) is 30.8 Å². The number of rotatable bonds is 9. The number of hydrogen-bond donors (Lipinski definition) is 2. The molecule has 2 amide bonds. The second kappa shape index (κ2) is 9.70. The van der Waals surface area contributed by atoms with Gasteiger partial charge in [0.15, 0.2) is 0 Å². The Morgan fingerprint density at radius 3 is 2.46 bits per heavy atom. The number of carboxylic acids is 1. The van der Waals surface area contributed by atoms with E-state index in [2.05, 4.69) is 5.32 Å². The van der Waals surface area contributed by atoms with Crippen LogP contribution in [0.4, 0.5) is 0 Å². The van der Waals surface area contributed by atoms with E-state index in [1.54, 1.807) is 24.3 Å². The highest BCUT2D eigenvalue weighted by Gasteiger charge is 2.19. The van der Waals surface area contributed by atoms with Crippen molar-refractivity contribution in [3.05, 3.63) is 35.4 Å². The van der Waals surface area contributed by atoms with E-state index in [1.165, 1.54) is 4.90 Å². The first-order valence-corrected chi connectivity index (χ1v) is 8.24. The van der Waals surface area contributed by atoms with E-state index in [4.69, 9.17) is 5.11 Å². The number of nitrogens with zero attached hydrogens (tertiary/aromatic N) is 1. The van der Waals surface area contributed by atoms with Gasteiger partial charge >= 0.3 is 5.97 Å². The van der Waals surface area contributed by atoms with Crippen LogP contribution in [0.3, 0.4) is 0 Å². The van der Waals surface area contributed by atoms with Gasteiger partial charge in [-0.3, -0.25) is 14.4 Å². The van der Waals surface area contributed by atoms with Crippen LogP contribution in [-0.4, -0.2) is 47.4 Å². The third-order valence-corrected chi connectivity index (χ3v) is 3.38. The lowest BCUT2D eigenvalue weighted by molar-refractivity contribution is -0.137. The van der Waals surface area contributed by atoms with Gasteiger partial charge in [-0.15, -0.1) is 0 Å². The van der Waals surface area contributed by atoms with Gasteiger partial charge in [-0.2, -0.15) is 0 Å². The van der Waals surface area contributed by atoms with Crippen molar-refractivity contribution in [2.75, 3.05) is 19.6 Å². The first-order chi connectivity index (χ1) is 11.3. The van der Waals surface area contributed by atoms with Crippen molar-refractivity contribution >= 4 is 17.8 Å². The van der Waals surface area contributed by atoms with Gasteiger partial charge in [-0.25, -0.2) is 0 Å². The molecule has 0 heterocycles. The molecule has 24 heavy (non-hydrogen) atoms. The highest BCUT2D eigenvalue weighted by Crippen LogP contribution is 2.11. The average Bonchev–Trinajstić information content (AvgIpc) is 2.55. The maximum atomic E-state index is 12.7. The molecule has 2 N–H and O–H groups in total.